The molecule has 1 saturated heterocycles. The molecule has 1 atom stereocenters. The molecule has 1 fully saturated rings. The van der Waals surface area contributed by atoms with Crippen LogP contribution in [0, 0.1) is 5.92 Å². The van der Waals surface area contributed by atoms with Crippen LogP contribution in [-0.4, -0.2) is 42.9 Å². The van der Waals surface area contributed by atoms with Crippen LogP contribution in [0.3, 0.4) is 0 Å². The molecule has 3 N–H and O–H groups in total. The molecular weight excluding hydrogens is 182 g/mol. The second kappa shape index (κ2) is 4.95. The lowest BCUT2D eigenvalue weighted by molar-refractivity contribution is -0.124. The van der Waals surface area contributed by atoms with E-state index in [2.05, 4.69) is 5.32 Å². The molecule has 0 spiro atoms. The van der Waals surface area contributed by atoms with Crippen LogP contribution < -0.4 is 11.1 Å². The first-order valence-electron chi connectivity index (χ1n) is 4.88. The third-order valence-corrected chi connectivity index (χ3v) is 2.36. The summed E-state index contributed by atoms with van der Waals surface area (Å²) in [6.45, 7) is 4.29. The van der Waals surface area contributed by atoms with Gasteiger partial charge in [-0.3, -0.25) is 14.5 Å². The summed E-state index contributed by atoms with van der Waals surface area (Å²) in [6.07, 6.45) is 0.928. The Morgan fingerprint density at radius 2 is 2.43 bits per heavy atom. The van der Waals surface area contributed by atoms with Crippen LogP contribution in [0.1, 0.15) is 13.3 Å². The average molecular weight is 199 g/mol. The van der Waals surface area contributed by atoms with Crippen molar-refractivity contribution < 1.29 is 9.59 Å². The number of primary amides is 1. The number of nitrogens with two attached hydrogens (primary N) is 1. The molecule has 80 valence electrons. The van der Waals surface area contributed by atoms with E-state index in [1.807, 2.05) is 4.90 Å². The van der Waals surface area contributed by atoms with Gasteiger partial charge in [0.25, 0.3) is 0 Å². The molecule has 5 heteroatoms. The maximum atomic E-state index is 11.2. The van der Waals surface area contributed by atoms with Gasteiger partial charge in [-0.15, -0.1) is 0 Å². The van der Waals surface area contributed by atoms with Crippen molar-refractivity contribution in [2.75, 3.05) is 26.2 Å². The molecule has 1 unspecified atom stereocenters. The summed E-state index contributed by atoms with van der Waals surface area (Å²) in [5.74, 6) is -0.477. The van der Waals surface area contributed by atoms with Crippen molar-refractivity contribution in [1.29, 1.82) is 0 Å². The van der Waals surface area contributed by atoms with Gasteiger partial charge in [-0.25, -0.2) is 0 Å². The monoisotopic (exact) mass is 199 g/mol. The highest BCUT2D eigenvalue weighted by atomic mass is 16.2. The molecule has 0 radical (unpaired) electrons. The Hall–Kier alpha value is -1.10. The first kappa shape index (κ1) is 11.0. The molecule has 1 aliphatic heterocycles. The highest BCUT2D eigenvalue weighted by molar-refractivity contribution is 5.79. The van der Waals surface area contributed by atoms with Gasteiger partial charge in [-0.1, -0.05) is 6.92 Å². The lowest BCUT2D eigenvalue weighted by atomic mass is 10.1. The molecule has 0 bridgehead atoms. The molecule has 0 aromatic carbocycles. The minimum Gasteiger partial charge on any atom is -0.369 e. The molecule has 1 heterocycles. The highest BCUT2D eigenvalue weighted by Gasteiger charge is 2.18. The smallest absolute Gasteiger partial charge is 0.234 e. The summed E-state index contributed by atoms with van der Waals surface area (Å²) < 4.78 is 0. The lowest BCUT2D eigenvalue weighted by Crippen LogP contribution is -2.38. The normalized spacial score (nSPS) is 21.1. The van der Waals surface area contributed by atoms with Gasteiger partial charge in [0, 0.05) is 25.6 Å². The van der Waals surface area contributed by atoms with Crippen LogP contribution >= 0.6 is 0 Å². The van der Waals surface area contributed by atoms with E-state index < -0.39 is 0 Å². The summed E-state index contributed by atoms with van der Waals surface area (Å²) in [6, 6.07) is 0. The van der Waals surface area contributed by atoms with E-state index in [1.54, 1.807) is 6.92 Å². The summed E-state index contributed by atoms with van der Waals surface area (Å²) >= 11 is 0. The Labute approximate surface area is 83.6 Å². The Balaban J connectivity index is 2.42. The van der Waals surface area contributed by atoms with Crippen molar-refractivity contribution >= 4 is 11.8 Å². The number of rotatable bonds is 3. The van der Waals surface area contributed by atoms with Gasteiger partial charge in [0.05, 0.1) is 6.54 Å². The Morgan fingerprint density at radius 3 is 3.07 bits per heavy atom. The summed E-state index contributed by atoms with van der Waals surface area (Å²) in [5.41, 5.74) is 5.16. The number of hydrogen-bond acceptors (Lipinski definition) is 3. The van der Waals surface area contributed by atoms with Gasteiger partial charge in [0.15, 0.2) is 0 Å². The molecule has 0 aromatic heterocycles. The fourth-order valence-corrected chi connectivity index (χ4v) is 1.50. The van der Waals surface area contributed by atoms with Crippen LogP contribution in [0.25, 0.3) is 0 Å². The third-order valence-electron chi connectivity index (χ3n) is 2.36. The average Bonchev–Trinajstić information content (AvgIpc) is 2.29. The predicted molar refractivity (Wildman–Crippen MR) is 52.4 cm³/mol. The van der Waals surface area contributed by atoms with E-state index in [9.17, 15) is 9.59 Å². The first-order chi connectivity index (χ1) is 6.59. The van der Waals surface area contributed by atoms with Crippen molar-refractivity contribution in [3.8, 4) is 0 Å². The number of amides is 2. The zero-order valence-corrected chi connectivity index (χ0v) is 8.45. The minimum atomic E-state index is -0.311. The van der Waals surface area contributed by atoms with Gasteiger partial charge in [0.2, 0.25) is 11.8 Å². The topological polar surface area (TPSA) is 75.4 Å². The van der Waals surface area contributed by atoms with Gasteiger partial charge >= 0.3 is 0 Å². The van der Waals surface area contributed by atoms with Crippen molar-refractivity contribution in [3.05, 3.63) is 0 Å². The molecule has 5 nitrogen and oxygen atoms in total. The van der Waals surface area contributed by atoms with Crippen LogP contribution in [0.5, 0.6) is 0 Å². The molecule has 1 aliphatic rings. The SMILES string of the molecule is CC(CN1CCCNC(=O)C1)C(N)=O. The molecule has 0 aromatic rings. The lowest BCUT2D eigenvalue weighted by Gasteiger charge is -2.20. The third kappa shape index (κ3) is 3.33. The Bertz CT molecular complexity index is 230. The molecule has 0 saturated carbocycles. The molecule has 14 heavy (non-hydrogen) atoms. The van der Waals surface area contributed by atoms with Crippen LogP contribution in [0.4, 0.5) is 0 Å². The first-order valence-corrected chi connectivity index (χ1v) is 4.88. The van der Waals surface area contributed by atoms with E-state index >= 15 is 0 Å². The van der Waals surface area contributed by atoms with Gasteiger partial charge in [-0.2, -0.15) is 0 Å². The molecule has 1 rings (SSSR count). The van der Waals surface area contributed by atoms with Gasteiger partial charge in [0.1, 0.15) is 0 Å². The Kier molecular flexibility index (Phi) is 3.88. The van der Waals surface area contributed by atoms with Crippen LogP contribution in [0.2, 0.25) is 0 Å². The fraction of sp³-hybridized carbons (Fsp3) is 0.778. The van der Waals surface area contributed by atoms with Gasteiger partial charge in [-0.05, 0) is 6.42 Å². The molecule has 0 aliphatic carbocycles. The fourth-order valence-electron chi connectivity index (χ4n) is 1.50. The van der Waals surface area contributed by atoms with Crippen LogP contribution in [0.15, 0.2) is 0 Å². The van der Waals surface area contributed by atoms with Crippen molar-refractivity contribution in [3.63, 3.8) is 0 Å². The maximum absolute atomic E-state index is 11.2. The number of carbonyl (C=O) groups is 2. The van der Waals surface area contributed by atoms with E-state index in [-0.39, 0.29) is 17.7 Å². The van der Waals surface area contributed by atoms with Crippen LogP contribution in [-0.2, 0) is 9.59 Å². The summed E-state index contributed by atoms with van der Waals surface area (Å²) in [4.78, 5) is 24.0. The van der Waals surface area contributed by atoms with Gasteiger partial charge < -0.3 is 11.1 Å². The van der Waals surface area contributed by atoms with E-state index in [1.165, 1.54) is 0 Å². The van der Waals surface area contributed by atoms with E-state index in [0.29, 0.717) is 13.1 Å². The Morgan fingerprint density at radius 1 is 1.71 bits per heavy atom. The highest BCUT2D eigenvalue weighted by Crippen LogP contribution is 2.02. The predicted octanol–water partition coefficient (Wildman–Crippen LogP) is -1.07. The largest absolute Gasteiger partial charge is 0.369 e. The molecule has 2 amide bonds. The molecular formula is C9H17N3O2. The van der Waals surface area contributed by atoms with Crippen molar-refractivity contribution in [2.45, 2.75) is 13.3 Å². The van der Waals surface area contributed by atoms with E-state index in [4.69, 9.17) is 5.73 Å². The second-order valence-corrected chi connectivity index (χ2v) is 3.74. The summed E-state index contributed by atoms with van der Waals surface area (Å²) in [7, 11) is 0. The number of hydrogen-bond donors (Lipinski definition) is 2. The number of nitrogens with zero attached hydrogens (tertiary/aromatic N) is 1. The number of carbonyl (C=O) groups excluding carboxylic acids is 2. The second-order valence-electron chi connectivity index (χ2n) is 3.74. The van der Waals surface area contributed by atoms with Crippen molar-refractivity contribution in [1.82, 2.24) is 10.2 Å². The summed E-state index contributed by atoms with van der Waals surface area (Å²) in [5, 5.41) is 2.78. The van der Waals surface area contributed by atoms with Crippen molar-refractivity contribution in [2.24, 2.45) is 11.7 Å². The minimum absolute atomic E-state index is 0.0270. The maximum Gasteiger partial charge on any atom is 0.234 e. The van der Waals surface area contributed by atoms with E-state index in [0.717, 1.165) is 19.5 Å². The standard InChI is InChI=1S/C9H17N3O2/c1-7(9(10)14)5-12-4-2-3-11-8(13)6-12/h7H,2-6H2,1H3,(H2,10,14)(H,11,13). The zero-order valence-electron chi connectivity index (χ0n) is 8.45. The number of nitrogens with one attached hydrogen (secondary N) is 1. The zero-order chi connectivity index (χ0) is 10.6. The quantitative estimate of drug-likeness (QED) is 0.607.